The SMILES string of the molecule is COc1ccc(-c2onc(N3CC(N4CCOCC4)C3)c2C(=O)O)cc1. The number of ether oxygens (including phenoxy) is 2. The Morgan fingerprint density at radius 3 is 2.54 bits per heavy atom. The Morgan fingerprint density at radius 1 is 1.23 bits per heavy atom. The van der Waals surface area contributed by atoms with Crippen molar-refractivity contribution in [2.24, 2.45) is 0 Å². The summed E-state index contributed by atoms with van der Waals surface area (Å²) in [7, 11) is 1.58. The molecule has 26 heavy (non-hydrogen) atoms. The van der Waals surface area contributed by atoms with Gasteiger partial charge in [-0.05, 0) is 24.3 Å². The van der Waals surface area contributed by atoms with Crippen LogP contribution in [0.25, 0.3) is 11.3 Å². The molecule has 0 bridgehead atoms. The van der Waals surface area contributed by atoms with Crippen LogP contribution >= 0.6 is 0 Å². The number of hydrogen-bond donors (Lipinski definition) is 1. The lowest BCUT2D eigenvalue weighted by atomic mass is 10.0. The highest BCUT2D eigenvalue weighted by atomic mass is 16.5. The molecule has 0 saturated carbocycles. The van der Waals surface area contributed by atoms with Crippen molar-refractivity contribution >= 4 is 11.8 Å². The topological polar surface area (TPSA) is 88.3 Å². The molecule has 3 heterocycles. The molecule has 138 valence electrons. The standard InChI is InChI=1S/C18H21N3O5/c1-24-14-4-2-12(3-5-14)16-15(18(22)23)17(19-26-16)21-10-13(11-21)20-6-8-25-9-7-20/h2-5,13H,6-11H2,1H3,(H,22,23). The second-order valence-corrected chi connectivity index (χ2v) is 6.45. The normalized spacial score (nSPS) is 18.6. The average Bonchev–Trinajstić information content (AvgIpc) is 3.06. The number of aromatic nitrogens is 1. The van der Waals surface area contributed by atoms with Crippen molar-refractivity contribution in [1.82, 2.24) is 10.1 Å². The molecule has 0 radical (unpaired) electrons. The van der Waals surface area contributed by atoms with Crippen LogP contribution in [0.3, 0.4) is 0 Å². The fourth-order valence-corrected chi connectivity index (χ4v) is 3.43. The van der Waals surface area contributed by atoms with Gasteiger partial charge in [-0.25, -0.2) is 4.79 Å². The molecule has 2 aliphatic heterocycles. The molecule has 2 fully saturated rings. The van der Waals surface area contributed by atoms with Gasteiger partial charge in [-0.1, -0.05) is 5.16 Å². The van der Waals surface area contributed by atoms with Gasteiger partial charge in [0.2, 0.25) is 0 Å². The molecule has 0 atom stereocenters. The summed E-state index contributed by atoms with van der Waals surface area (Å²) in [4.78, 5) is 16.2. The zero-order chi connectivity index (χ0) is 18.1. The van der Waals surface area contributed by atoms with Crippen LogP contribution in [0.4, 0.5) is 5.82 Å². The van der Waals surface area contributed by atoms with Gasteiger partial charge in [0.1, 0.15) is 5.75 Å². The van der Waals surface area contributed by atoms with Gasteiger partial charge in [0.05, 0.1) is 20.3 Å². The Labute approximate surface area is 150 Å². The number of methoxy groups -OCH3 is 1. The fraction of sp³-hybridized carbons (Fsp3) is 0.444. The summed E-state index contributed by atoms with van der Waals surface area (Å²) in [5, 5.41) is 13.8. The maximum Gasteiger partial charge on any atom is 0.343 e. The highest BCUT2D eigenvalue weighted by Crippen LogP contribution is 2.34. The van der Waals surface area contributed by atoms with Crippen LogP contribution in [0.1, 0.15) is 10.4 Å². The number of rotatable bonds is 5. The van der Waals surface area contributed by atoms with Crippen molar-refractivity contribution < 1.29 is 23.9 Å². The van der Waals surface area contributed by atoms with E-state index in [4.69, 9.17) is 14.0 Å². The minimum Gasteiger partial charge on any atom is -0.497 e. The molecule has 1 N–H and O–H groups in total. The number of carbonyl (C=O) groups is 1. The number of aromatic carboxylic acids is 1. The molecular weight excluding hydrogens is 338 g/mol. The first-order valence-electron chi connectivity index (χ1n) is 8.61. The number of benzene rings is 1. The van der Waals surface area contributed by atoms with Gasteiger partial charge in [-0.3, -0.25) is 4.90 Å². The summed E-state index contributed by atoms with van der Waals surface area (Å²) in [6, 6.07) is 7.47. The highest BCUT2D eigenvalue weighted by molar-refractivity contribution is 5.99. The van der Waals surface area contributed by atoms with Crippen LogP contribution in [0, 0.1) is 0 Å². The summed E-state index contributed by atoms with van der Waals surface area (Å²) in [6.07, 6.45) is 0. The third kappa shape index (κ3) is 3.02. The third-order valence-corrected chi connectivity index (χ3v) is 4.96. The van der Waals surface area contributed by atoms with Gasteiger partial charge in [-0.2, -0.15) is 0 Å². The summed E-state index contributed by atoms with van der Waals surface area (Å²) >= 11 is 0. The molecule has 2 saturated heterocycles. The van der Waals surface area contributed by atoms with E-state index in [0.717, 1.165) is 39.4 Å². The number of nitrogens with zero attached hydrogens (tertiary/aromatic N) is 3. The van der Waals surface area contributed by atoms with Crippen molar-refractivity contribution in [2.75, 3.05) is 51.4 Å². The summed E-state index contributed by atoms with van der Waals surface area (Å²) in [6.45, 7) is 4.83. The fourth-order valence-electron chi connectivity index (χ4n) is 3.43. The maximum atomic E-state index is 11.8. The van der Waals surface area contributed by atoms with Gasteiger partial charge >= 0.3 is 5.97 Å². The first-order valence-corrected chi connectivity index (χ1v) is 8.61. The van der Waals surface area contributed by atoms with Crippen LogP contribution < -0.4 is 9.64 Å². The molecule has 0 amide bonds. The first-order chi connectivity index (χ1) is 12.7. The van der Waals surface area contributed by atoms with Crippen LogP contribution in [0.15, 0.2) is 28.8 Å². The molecule has 4 rings (SSSR count). The first kappa shape index (κ1) is 16.9. The van der Waals surface area contributed by atoms with Crippen molar-refractivity contribution in [2.45, 2.75) is 6.04 Å². The predicted octanol–water partition coefficient (Wildman–Crippen LogP) is 1.57. The molecule has 1 aromatic carbocycles. The smallest absolute Gasteiger partial charge is 0.343 e. The van der Waals surface area contributed by atoms with Gasteiger partial charge in [0.25, 0.3) is 0 Å². The maximum absolute atomic E-state index is 11.8. The van der Waals surface area contributed by atoms with E-state index in [2.05, 4.69) is 10.1 Å². The third-order valence-electron chi connectivity index (χ3n) is 4.96. The van der Waals surface area contributed by atoms with E-state index in [9.17, 15) is 9.90 Å². The van der Waals surface area contributed by atoms with E-state index in [1.165, 1.54) is 0 Å². The van der Waals surface area contributed by atoms with E-state index < -0.39 is 5.97 Å². The van der Waals surface area contributed by atoms with E-state index in [0.29, 0.717) is 23.2 Å². The Bertz CT molecular complexity index is 777. The Hall–Kier alpha value is -2.58. The Morgan fingerprint density at radius 2 is 1.92 bits per heavy atom. The molecule has 2 aromatic rings. The molecular formula is C18H21N3O5. The molecule has 2 aliphatic rings. The quantitative estimate of drug-likeness (QED) is 0.861. The van der Waals surface area contributed by atoms with Crippen LogP contribution in [-0.2, 0) is 4.74 Å². The monoisotopic (exact) mass is 359 g/mol. The second-order valence-electron chi connectivity index (χ2n) is 6.45. The number of carboxylic acid groups (broad SMARTS) is 1. The lowest BCUT2D eigenvalue weighted by Crippen LogP contribution is -2.62. The van der Waals surface area contributed by atoms with E-state index in [-0.39, 0.29) is 11.3 Å². The number of morpholine rings is 1. The number of hydrogen-bond acceptors (Lipinski definition) is 7. The molecule has 8 heteroatoms. The minimum atomic E-state index is -1.04. The summed E-state index contributed by atoms with van der Waals surface area (Å²) in [5.74, 6) is 0.321. The number of carboxylic acids is 1. The highest BCUT2D eigenvalue weighted by Gasteiger charge is 2.37. The zero-order valence-corrected chi connectivity index (χ0v) is 14.6. The van der Waals surface area contributed by atoms with Crippen LogP contribution in [-0.4, -0.2) is 73.7 Å². The second kappa shape index (κ2) is 6.97. The molecule has 8 nitrogen and oxygen atoms in total. The molecule has 1 aromatic heterocycles. The lowest BCUT2D eigenvalue weighted by molar-refractivity contribution is 0.0103. The van der Waals surface area contributed by atoms with Gasteiger partial charge in [0, 0.05) is 37.8 Å². The number of anilines is 1. The summed E-state index contributed by atoms with van der Waals surface area (Å²) in [5.41, 5.74) is 0.766. The van der Waals surface area contributed by atoms with E-state index in [1.54, 1.807) is 31.4 Å². The van der Waals surface area contributed by atoms with E-state index >= 15 is 0 Å². The largest absolute Gasteiger partial charge is 0.497 e. The molecule has 0 unspecified atom stereocenters. The van der Waals surface area contributed by atoms with Gasteiger partial charge in [0.15, 0.2) is 17.1 Å². The van der Waals surface area contributed by atoms with Crippen LogP contribution in [0.2, 0.25) is 0 Å². The van der Waals surface area contributed by atoms with E-state index in [1.807, 2.05) is 4.90 Å². The zero-order valence-electron chi connectivity index (χ0n) is 14.6. The van der Waals surface area contributed by atoms with Crippen molar-refractivity contribution in [3.63, 3.8) is 0 Å². The Balaban J connectivity index is 1.54. The van der Waals surface area contributed by atoms with Gasteiger partial charge in [-0.15, -0.1) is 0 Å². The van der Waals surface area contributed by atoms with Crippen molar-refractivity contribution in [3.8, 4) is 17.1 Å². The molecule has 0 spiro atoms. The lowest BCUT2D eigenvalue weighted by Gasteiger charge is -2.46. The van der Waals surface area contributed by atoms with Crippen molar-refractivity contribution in [3.05, 3.63) is 29.8 Å². The van der Waals surface area contributed by atoms with Crippen molar-refractivity contribution in [1.29, 1.82) is 0 Å². The average molecular weight is 359 g/mol. The Kier molecular flexibility index (Phi) is 4.52. The predicted molar refractivity (Wildman–Crippen MR) is 93.8 cm³/mol. The van der Waals surface area contributed by atoms with Gasteiger partial charge < -0.3 is 24.0 Å². The molecule has 0 aliphatic carbocycles. The minimum absolute atomic E-state index is 0.107. The summed E-state index contributed by atoms with van der Waals surface area (Å²) < 4.78 is 15.9. The van der Waals surface area contributed by atoms with Crippen LogP contribution in [0.5, 0.6) is 5.75 Å².